The molecule has 0 aliphatic rings. The Morgan fingerprint density at radius 1 is 1.47 bits per heavy atom. The lowest BCUT2D eigenvalue weighted by Crippen LogP contribution is -2.32. The molecule has 0 spiro atoms. The van der Waals surface area contributed by atoms with Crippen molar-refractivity contribution < 1.29 is 13.2 Å². The lowest BCUT2D eigenvalue weighted by molar-refractivity contribution is -0.117. The molecular formula is C9H12BrN3O3S. The number of halogens is 1. The Hall–Kier alpha value is -0.960. The monoisotopic (exact) mass is 321 g/mol. The number of primary sulfonamides is 1. The minimum atomic E-state index is -3.75. The molecule has 0 unspecified atom stereocenters. The smallest absolute Gasteiger partial charge is 0.241 e. The van der Waals surface area contributed by atoms with Crippen molar-refractivity contribution in [3.05, 3.63) is 22.7 Å². The quantitative estimate of drug-likeness (QED) is 0.746. The number of hydrogen-bond acceptors (Lipinski definition) is 4. The molecule has 6 nitrogen and oxygen atoms in total. The Balaban J connectivity index is 3.03. The number of amides is 1. The summed E-state index contributed by atoms with van der Waals surface area (Å²) in [5, 5.41) is 7.51. The van der Waals surface area contributed by atoms with Crippen molar-refractivity contribution in [1.82, 2.24) is 0 Å². The molecule has 0 aliphatic heterocycles. The molecule has 0 radical (unpaired) electrons. The van der Waals surface area contributed by atoms with Crippen molar-refractivity contribution in [2.75, 3.05) is 5.32 Å². The first kappa shape index (κ1) is 14.1. The van der Waals surface area contributed by atoms with Crippen LogP contribution in [-0.2, 0) is 14.8 Å². The van der Waals surface area contributed by atoms with Gasteiger partial charge in [-0.2, -0.15) is 0 Å². The van der Waals surface area contributed by atoms with Crippen LogP contribution in [0.4, 0.5) is 5.69 Å². The van der Waals surface area contributed by atoms with Crippen molar-refractivity contribution in [1.29, 1.82) is 0 Å². The molecule has 0 fully saturated rings. The molecule has 1 aromatic carbocycles. The van der Waals surface area contributed by atoms with Crippen LogP contribution in [0, 0.1) is 0 Å². The van der Waals surface area contributed by atoms with Crippen molar-refractivity contribution in [2.24, 2.45) is 10.9 Å². The fourth-order valence-electron chi connectivity index (χ4n) is 1.02. The van der Waals surface area contributed by atoms with E-state index in [1.54, 1.807) is 6.92 Å². The van der Waals surface area contributed by atoms with E-state index in [1.165, 1.54) is 18.2 Å². The molecule has 0 aliphatic carbocycles. The van der Waals surface area contributed by atoms with E-state index in [-0.39, 0.29) is 10.8 Å². The zero-order valence-electron chi connectivity index (χ0n) is 8.98. The summed E-state index contributed by atoms with van der Waals surface area (Å²) in [6.07, 6.45) is 0. The minimum Gasteiger partial charge on any atom is -0.324 e. The predicted molar refractivity (Wildman–Crippen MR) is 67.8 cm³/mol. The second kappa shape index (κ2) is 5.13. The average molecular weight is 322 g/mol. The van der Waals surface area contributed by atoms with E-state index >= 15 is 0 Å². The van der Waals surface area contributed by atoms with Gasteiger partial charge in [0.25, 0.3) is 0 Å². The second-order valence-electron chi connectivity index (χ2n) is 3.46. The van der Waals surface area contributed by atoms with Crippen LogP contribution in [0.15, 0.2) is 27.6 Å². The maximum atomic E-state index is 11.3. The number of rotatable bonds is 3. The van der Waals surface area contributed by atoms with Gasteiger partial charge < -0.3 is 11.1 Å². The van der Waals surface area contributed by atoms with E-state index in [4.69, 9.17) is 10.9 Å². The number of hydrogen-bond donors (Lipinski definition) is 3. The third-order valence-corrected chi connectivity index (χ3v) is 3.51. The molecule has 1 atom stereocenters. The third kappa shape index (κ3) is 3.77. The summed E-state index contributed by atoms with van der Waals surface area (Å²) >= 11 is 3.14. The molecule has 17 heavy (non-hydrogen) atoms. The van der Waals surface area contributed by atoms with Gasteiger partial charge in [-0.25, -0.2) is 13.6 Å². The van der Waals surface area contributed by atoms with E-state index in [1.807, 2.05) is 0 Å². The molecule has 0 saturated carbocycles. The highest BCUT2D eigenvalue weighted by molar-refractivity contribution is 9.10. The van der Waals surface area contributed by atoms with Gasteiger partial charge in [0.05, 0.1) is 16.6 Å². The summed E-state index contributed by atoms with van der Waals surface area (Å²) in [5.74, 6) is -0.367. The van der Waals surface area contributed by atoms with Gasteiger partial charge in [0.1, 0.15) is 0 Å². The van der Waals surface area contributed by atoms with Gasteiger partial charge in [0.15, 0.2) is 0 Å². The molecule has 0 saturated heterocycles. The number of carbonyl (C=O) groups is 1. The van der Waals surface area contributed by atoms with E-state index in [0.29, 0.717) is 10.2 Å². The van der Waals surface area contributed by atoms with Gasteiger partial charge in [-0.1, -0.05) is 0 Å². The molecule has 0 aromatic heterocycles. The first-order chi connectivity index (χ1) is 7.71. The van der Waals surface area contributed by atoms with Gasteiger partial charge in [-0.05, 0) is 41.1 Å². The number of anilines is 1. The molecule has 8 heteroatoms. The van der Waals surface area contributed by atoms with E-state index < -0.39 is 16.1 Å². The first-order valence-corrected chi connectivity index (χ1v) is 6.94. The van der Waals surface area contributed by atoms with Crippen molar-refractivity contribution in [2.45, 2.75) is 17.9 Å². The second-order valence-corrected chi connectivity index (χ2v) is 5.88. The standard InChI is InChI=1S/C9H12BrN3O3S/c1-5(11)9(14)13-8-3-2-6(4-7(8)10)17(12,15)16/h2-5H,11H2,1H3,(H,13,14)(H2,12,15,16)/t5-/m1/s1. The van der Waals surface area contributed by atoms with E-state index in [9.17, 15) is 13.2 Å². The summed E-state index contributed by atoms with van der Waals surface area (Å²) in [4.78, 5) is 11.3. The fourth-order valence-corrected chi connectivity index (χ4v) is 2.19. The lowest BCUT2D eigenvalue weighted by Gasteiger charge is -2.10. The summed E-state index contributed by atoms with van der Waals surface area (Å²) < 4.78 is 22.6. The zero-order chi connectivity index (χ0) is 13.2. The number of benzene rings is 1. The number of nitrogens with two attached hydrogens (primary N) is 2. The third-order valence-electron chi connectivity index (χ3n) is 1.94. The summed E-state index contributed by atoms with van der Waals surface area (Å²) in [6, 6.07) is 3.40. The largest absolute Gasteiger partial charge is 0.324 e. The van der Waals surface area contributed by atoms with Crippen molar-refractivity contribution in [3.8, 4) is 0 Å². The van der Waals surface area contributed by atoms with Gasteiger partial charge in [-0.3, -0.25) is 4.79 Å². The molecule has 5 N–H and O–H groups in total. The molecule has 94 valence electrons. The summed E-state index contributed by atoms with van der Waals surface area (Å²) in [7, 11) is -3.75. The van der Waals surface area contributed by atoms with Crippen LogP contribution in [0.25, 0.3) is 0 Å². The molecule has 1 aromatic rings. The maximum Gasteiger partial charge on any atom is 0.241 e. The number of nitrogens with one attached hydrogen (secondary N) is 1. The maximum absolute atomic E-state index is 11.3. The summed E-state index contributed by atoms with van der Waals surface area (Å²) in [5.41, 5.74) is 5.82. The van der Waals surface area contributed by atoms with Gasteiger partial charge in [-0.15, -0.1) is 0 Å². The highest BCUT2D eigenvalue weighted by Crippen LogP contribution is 2.25. The van der Waals surface area contributed by atoms with Gasteiger partial charge in [0, 0.05) is 4.47 Å². The highest BCUT2D eigenvalue weighted by Gasteiger charge is 2.13. The fraction of sp³-hybridized carbons (Fsp3) is 0.222. The normalized spacial score (nSPS) is 13.2. The van der Waals surface area contributed by atoms with Crippen LogP contribution in [0.3, 0.4) is 0 Å². The molecule has 1 amide bonds. The zero-order valence-corrected chi connectivity index (χ0v) is 11.4. The Labute approximate surface area is 108 Å². The van der Waals surface area contributed by atoms with Crippen LogP contribution >= 0.6 is 15.9 Å². The predicted octanol–water partition coefficient (Wildman–Crippen LogP) is 0.382. The topological polar surface area (TPSA) is 115 Å². The van der Waals surface area contributed by atoms with E-state index in [2.05, 4.69) is 21.2 Å². The van der Waals surface area contributed by atoms with Gasteiger partial charge >= 0.3 is 0 Å². The molecule has 0 bridgehead atoms. The van der Waals surface area contributed by atoms with Crippen LogP contribution in [0.2, 0.25) is 0 Å². The lowest BCUT2D eigenvalue weighted by atomic mass is 10.3. The average Bonchev–Trinajstić information content (AvgIpc) is 2.19. The van der Waals surface area contributed by atoms with Crippen LogP contribution in [0.1, 0.15) is 6.92 Å². The van der Waals surface area contributed by atoms with Crippen LogP contribution in [0.5, 0.6) is 0 Å². The molecule has 0 heterocycles. The first-order valence-electron chi connectivity index (χ1n) is 4.60. The summed E-state index contributed by atoms with van der Waals surface area (Å²) in [6.45, 7) is 1.54. The SMILES string of the molecule is C[C@@H](N)C(=O)Nc1ccc(S(N)(=O)=O)cc1Br. The van der Waals surface area contributed by atoms with Crippen LogP contribution < -0.4 is 16.2 Å². The highest BCUT2D eigenvalue weighted by atomic mass is 79.9. The van der Waals surface area contributed by atoms with Crippen molar-refractivity contribution in [3.63, 3.8) is 0 Å². The minimum absolute atomic E-state index is 0.0387. The van der Waals surface area contributed by atoms with Crippen molar-refractivity contribution >= 4 is 37.5 Å². The van der Waals surface area contributed by atoms with Gasteiger partial charge in [0.2, 0.25) is 15.9 Å². The molecule has 1 rings (SSSR count). The number of carbonyl (C=O) groups excluding carboxylic acids is 1. The van der Waals surface area contributed by atoms with E-state index in [0.717, 1.165) is 0 Å². The van der Waals surface area contributed by atoms with Crippen LogP contribution in [-0.4, -0.2) is 20.4 Å². The molecular weight excluding hydrogens is 310 g/mol. The Morgan fingerprint density at radius 2 is 2.06 bits per heavy atom. The number of sulfonamides is 1. The Morgan fingerprint density at radius 3 is 2.47 bits per heavy atom. The Bertz CT molecular complexity index is 542. The Kier molecular flexibility index (Phi) is 4.26.